The van der Waals surface area contributed by atoms with Crippen molar-refractivity contribution >= 4 is 29.9 Å². The highest BCUT2D eigenvalue weighted by atomic mass is 127. The molecule has 0 saturated carbocycles. The number of hydrogen-bond donors (Lipinski definition) is 1. The molecule has 1 saturated heterocycles. The average molecular weight is 499 g/mol. The van der Waals surface area contributed by atoms with Crippen LogP contribution < -0.4 is 10.1 Å². The van der Waals surface area contributed by atoms with Gasteiger partial charge in [0.05, 0.1) is 0 Å². The van der Waals surface area contributed by atoms with Crippen molar-refractivity contribution < 1.29 is 9.47 Å². The molecule has 156 valence electrons. The van der Waals surface area contributed by atoms with E-state index in [0.717, 1.165) is 56.9 Å². The normalized spacial score (nSPS) is 14.7. The second kappa shape index (κ2) is 14.5. The molecule has 1 aromatic rings. The van der Waals surface area contributed by atoms with Gasteiger partial charge in [-0.05, 0) is 56.2 Å². The standard InChI is InChI=1S/C22H33N3O2.HI/c1-4-16-27-21-8-6-19(7-9-21)10-14-24-22(23-5-2)25(3)15-11-20-12-17-26-18-13-20;/h1,6-9,20H,5,10-18H2,2-3H3,(H,23,24);1H. The van der Waals surface area contributed by atoms with E-state index in [1.807, 2.05) is 12.1 Å². The molecule has 0 aromatic heterocycles. The predicted octanol–water partition coefficient (Wildman–Crippen LogP) is 3.57. The lowest BCUT2D eigenvalue weighted by Crippen LogP contribution is -2.40. The van der Waals surface area contributed by atoms with E-state index in [4.69, 9.17) is 20.9 Å². The van der Waals surface area contributed by atoms with Gasteiger partial charge in [0.2, 0.25) is 0 Å². The van der Waals surface area contributed by atoms with Crippen LogP contribution in [0.2, 0.25) is 0 Å². The number of terminal acetylenes is 1. The van der Waals surface area contributed by atoms with Crippen LogP contribution in [-0.4, -0.2) is 57.4 Å². The number of rotatable bonds is 9. The molecule has 0 radical (unpaired) electrons. The van der Waals surface area contributed by atoms with E-state index < -0.39 is 0 Å². The molecule has 1 N–H and O–H groups in total. The third-order valence-electron chi connectivity index (χ3n) is 4.82. The number of nitrogens with one attached hydrogen (secondary N) is 1. The van der Waals surface area contributed by atoms with Crippen LogP contribution in [0.4, 0.5) is 0 Å². The van der Waals surface area contributed by atoms with E-state index in [2.05, 4.69) is 42.2 Å². The Morgan fingerprint density at radius 2 is 2.04 bits per heavy atom. The molecule has 28 heavy (non-hydrogen) atoms. The molecular formula is C22H34IN3O2. The Bertz CT molecular complexity index is 607. The fourth-order valence-electron chi connectivity index (χ4n) is 3.16. The van der Waals surface area contributed by atoms with E-state index in [0.29, 0.717) is 6.61 Å². The lowest BCUT2D eigenvalue weighted by Gasteiger charge is -2.26. The minimum Gasteiger partial charge on any atom is -0.481 e. The van der Waals surface area contributed by atoms with Crippen LogP contribution in [0.15, 0.2) is 29.3 Å². The first-order valence-corrected chi connectivity index (χ1v) is 9.95. The summed E-state index contributed by atoms with van der Waals surface area (Å²) in [5.74, 6) is 5.04. The van der Waals surface area contributed by atoms with Crippen molar-refractivity contribution in [2.75, 3.05) is 46.5 Å². The third-order valence-corrected chi connectivity index (χ3v) is 4.82. The number of aliphatic imine (C=N–C) groups is 1. The van der Waals surface area contributed by atoms with Gasteiger partial charge in [0.1, 0.15) is 12.4 Å². The summed E-state index contributed by atoms with van der Waals surface area (Å²) in [5.41, 5.74) is 1.24. The molecule has 1 aliphatic heterocycles. The summed E-state index contributed by atoms with van der Waals surface area (Å²) in [4.78, 5) is 7.04. The van der Waals surface area contributed by atoms with Crippen LogP contribution >= 0.6 is 24.0 Å². The molecule has 1 aliphatic rings. The van der Waals surface area contributed by atoms with Crippen LogP contribution in [0.1, 0.15) is 31.7 Å². The van der Waals surface area contributed by atoms with E-state index in [-0.39, 0.29) is 24.0 Å². The van der Waals surface area contributed by atoms with E-state index in [1.54, 1.807) is 0 Å². The summed E-state index contributed by atoms with van der Waals surface area (Å²) in [5, 5.41) is 3.40. The van der Waals surface area contributed by atoms with Gasteiger partial charge in [-0.3, -0.25) is 4.99 Å². The molecule has 0 atom stereocenters. The van der Waals surface area contributed by atoms with Crippen molar-refractivity contribution in [3.05, 3.63) is 29.8 Å². The Kier molecular flexibility index (Phi) is 12.8. The van der Waals surface area contributed by atoms with Crippen LogP contribution in [0.3, 0.4) is 0 Å². The largest absolute Gasteiger partial charge is 0.481 e. The number of ether oxygens (including phenoxy) is 2. The summed E-state index contributed by atoms with van der Waals surface area (Å²) in [6.07, 6.45) is 9.67. The zero-order valence-corrected chi connectivity index (χ0v) is 19.5. The maximum atomic E-state index is 5.45. The second-order valence-electron chi connectivity index (χ2n) is 6.89. The van der Waals surface area contributed by atoms with Gasteiger partial charge in [0.15, 0.2) is 5.96 Å². The number of guanidine groups is 1. The van der Waals surface area contributed by atoms with Crippen LogP contribution in [0, 0.1) is 18.3 Å². The first-order valence-electron chi connectivity index (χ1n) is 9.95. The highest BCUT2D eigenvalue weighted by molar-refractivity contribution is 14.0. The average Bonchev–Trinajstić information content (AvgIpc) is 2.71. The van der Waals surface area contributed by atoms with Gasteiger partial charge in [-0.2, -0.15) is 0 Å². The Balaban J connectivity index is 0.00000392. The fourth-order valence-corrected chi connectivity index (χ4v) is 3.16. The Morgan fingerprint density at radius 3 is 2.68 bits per heavy atom. The lowest BCUT2D eigenvalue weighted by molar-refractivity contribution is 0.0625. The zero-order valence-electron chi connectivity index (χ0n) is 17.2. The smallest absolute Gasteiger partial charge is 0.193 e. The summed E-state index contributed by atoms with van der Waals surface area (Å²) in [7, 11) is 2.12. The molecule has 1 heterocycles. The van der Waals surface area contributed by atoms with Crippen molar-refractivity contribution in [3.63, 3.8) is 0 Å². The molecule has 0 spiro atoms. The molecule has 2 rings (SSSR count). The highest BCUT2D eigenvalue weighted by Gasteiger charge is 2.15. The number of nitrogens with zero attached hydrogens (tertiary/aromatic N) is 2. The van der Waals surface area contributed by atoms with Gasteiger partial charge in [-0.25, -0.2) is 0 Å². The monoisotopic (exact) mass is 499 g/mol. The summed E-state index contributed by atoms with van der Waals surface area (Å²) >= 11 is 0. The molecule has 0 unspecified atom stereocenters. The SMILES string of the molecule is C#CCOc1ccc(CCN=C(NCC)N(C)CCC2CCOCC2)cc1.I. The fraction of sp³-hybridized carbons (Fsp3) is 0.591. The van der Waals surface area contributed by atoms with Crippen LogP contribution in [0.5, 0.6) is 5.75 Å². The quantitative estimate of drug-likeness (QED) is 0.244. The molecule has 1 fully saturated rings. The summed E-state index contributed by atoms with van der Waals surface area (Å²) < 4.78 is 10.9. The molecule has 6 heteroatoms. The third kappa shape index (κ3) is 9.16. The number of benzene rings is 1. The molecule has 0 amide bonds. The van der Waals surface area contributed by atoms with Gasteiger partial charge in [-0.1, -0.05) is 18.1 Å². The van der Waals surface area contributed by atoms with Gasteiger partial charge in [-0.15, -0.1) is 30.4 Å². The van der Waals surface area contributed by atoms with Gasteiger partial charge in [0, 0.05) is 39.9 Å². The molecule has 5 nitrogen and oxygen atoms in total. The maximum absolute atomic E-state index is 5.45. The highest BCUT2D eigenvalue weighted by Crippen LogP contribution is 2.18. The van der Waals surface area contributed by atoms with E-state index in [1.165, 1.54) is 24.8 Å². The maximum Gasteiger partial charge on any atom is 0.193 e. The lowest BCUT2D eigenvalue weighted by atomic mass is 9.96. The van der Waals surface area contributed by atoms with Crippen LogP contribution in [0.25, 0.3) is 0 Å². The summed E-state index contributed by atoms with van der Waals surface area (Å²) in [6.45, 7) is 6.89. The van der Waals surface area contributed by atoms with Crippen molar-refractivity contribution in [3.8, 4) is 18.1 Å². The topological polar surface area (TPSA) is 46.1 Å². The first-order chi connectivity index (χ1) is 13.2. The second-order valence-corrected chi connectivity index (χ2v) is 6.89. The predicted molar refractivity (Wildman–Crippen MR) is 127 cm³/mol. The Labute approximate surface area is 187 Å². The van der Waals surface area contributed by atoms with Gasteiger partial charge >= 0.3 is 0 Å². The molecular weight excluding hydrogens is 465 g/mol. The number of halogens is 1. The van der Waals surface area contributed by atoms with Crippen LogP contribution in [-0.2, 0) is 11.2 Å². The van der Waals surface area contributed by atoms with Crippen molar-refractivity contribution in [2.24, 2.45) is 10.9 Å². The summed E-state index contributed by atoms with van der Waals surface area (Å²) in [6, 6.07) is 8.06. The molecule has 1 aromatic carbocycles. The minimum absolute atomic E-state index is 0. The minimum atomic E-state index is 0. The van der Waals surface area contributed by atoms with Gasteiger partial charge < -0.3 is 19.7 Å². The van der Waals surface area contributed by atoms with Crippen molar-refractivity contribution in [1.82, 2.24) is 10.2 Å². The Morgan fingerprint density at radius 1 is 1.32 bits per heavy atom. The molecule has 0 bridgehead atoms. The zero-order chi connectivity index (χ0) is 19.3. The molecule has 0 aliphatic carbocycles. The van der Waals surface area contributed by atoms with E-state index in [9.17, 15) is 0 Å². The van der Waals surface area contributed by atoms with Crippen molar-refractivity contribution in [2.45, 2.75) is 32.6 Å². The van der Waals surface area contributed by atoms with Crippen molar-refractivity contribution in [1.29, 1.82) is 0 Å². The number of hydrogen-bond acceptors (Lipinski definition) is 3. The van der Waals surface area contributed by atoms with E-state index >= 15 is 0 Å². The Hall–Kier alpha value is -1.46. The first kappa shape index (κ1) is 24.6. The van der Waals surface area contributed by atoms with Gasteiger partial charge in [0.25, 0.3) is 0 Å².